The highest BCUT2D eigenvalue weighted by molar-refractivity contribution is 8.13. The third-order valence-electron chi connectivity index (χ3n) is 3.58. The Morgan fingerprint density at radius 1 is 1.21 bits per heavy atom. The molecule has 1 aliphatic rings. The van der Waals surface area contributed by atoms with Gasteiger partial charge in [-0.1, -0.05) is 26.2 Å². The largest absolute Gasteiger partial charge is 0.381 e. The molecular weight excluding hydrogens is 288 g/mol. The van der Waals surface area contributed by atoms with Crippen molar-refractivity contribution in [2.45, 2.75) is 45.4 Å². The van der Waals surface area contributed by atoms with Crippen LogP contribution in [0.15, 0.2) is 0 Å². The van der Waals surface area contributed by atoms with Crippen LogP contribution in [0.4, 0.5) is 0 Å². The highest BCUT2D eigenvalue weighted by Gasteiger charge is 2.37. The molecule has 0 radical (unpaired) electrons. The first kappa shape index (κ1) is 17.2. The number of unbranched alkanes of at least 4 members (excludes halogenated alkanes) is 3. The Balaban J connectivity index is 2.37. The predicted octanol–water partition coefficient (Wildman–Crippen LogP) is 2.95. The zero-order valence-electron chi connectivity index (χ0n) is 11.7. The number of ether oxygens (including phenoxy) is 2. The minimum absolute atomic E-state index is 0.0140. The Kier molecular flexibility index (Phi) is 7.65. The van der Waals surface area contributed by atoms with Crippen molar-refractivity contribution in [2.24, 2.45) is 5.41 Å². The molecule has 1 fully saturated rings. The average molecular weight is 313 g/mol. The van der Waals surface area contributed by atoms with Crippen molar-refractivity contribution >= 4 is 19.7 Å². The van der Waals surface area contributed by atoms with Gasteiger partial charge in [-0.15, -0.1) is 0 Å². The maximum absolute atomic E-state index is 11.3. The van der Waals surface area contributed by atoms with Gasteiger partial charge in [-0.3, -0.25) is 0 Å². The molecule has 1 aliphatic heterocycles. The maximum atomic E-state index is 11.3. The minimum Gasteiger partial charge on any atom is -0.381 e. The fraction of sp³-hybridized carbons (Fsp3) is 1.00. The second-order valence-corrected chi connectivity index (χ2v) is 8.19. The molecule has 1 saturated heterocycles. The van der Waals surface area contributed by atoms with Gasteiger partial charge in [-0.2, -0.15) is 0 Å². The summed E-state index contributed by atoms with van der Waals surface area (Å²) in [7, 11) is 1.92. The number of rotatable bonds is 9. The van der Waals surface area contributed by atoms with E-state index in [9.17, 15) is 8.42 Å². The Morgan fingerprint density at radius 3 is 2.47 bits per heavy atom. The first-order valence-corrected chi connectivity index (χ1v) is 9.53. The van der Waals surface area contributed by atoms with Gasteiger partial charge in [0, 0.05) is 35.9 Å². The van der Waals surface area contributed by atoms with Gasteiger partial charge in [-0.05, 0) is 19.3 Å². The zero-order valence-corrected chi connectivity index (χ0v) is 13.3. The Labute approximate surface area is 121 Å². The van der Waals surface area contributed by atoms with Gasteiger partial charge >= 0.3 is 0 Å². The first-order valence-electron chi connectivity index (χ1n) is 7.05. The highest BCUT2D eigenvalue weighted by atomic mass is 35.7. The van der Waals surface area contributed by atoms with Crippen LogP contribution in [0.5, 0.6) is 0 Å². The predicted molar refractivity (Wildman–Crippen MR) is 77.1 cm³/mol. The molecule has 0 aromatic rings. The molecule has 0 aliphatic carbocycles. The molecule has 6 heteroatoms. The van der Waals surface area contributed by atoms with Gasteiger partial charge in [-0.25, -0.2) is 8.42 Å². The third-order valence-corrected chi connectivity index (χ3v) is 4.87. The van der Waals surface area contributed by atoms with E-state index in [2.05, 4.69) is 6.92 Å². The van der Waals surface area contributed by atoms with Gasteiger partial charge in [0.05, 0.1) is 12.4 Å². The van der Waals surface area contributed by atoms with E-state index in [4.69, 9.17) is 20.2 Å². The Bertz CT molecular complexity index is 337. The summed E-state index contributed by atoms with van der Waals surface area (Å²) >= 11 is 0. The fourth-order valence-electron chi connectivity index (χ4n) is 2.42. The van der Waals surface area contributed by atoms with Crippen LogP contribution < -0.4 is 0 Å². The van der Waals surface area contributed by atoms with Gasteiger partial charge in [0.1, 0.15) is 0 Å². The van der Waals surface area contributed by atoms with Crippen LogP contribution in [0.25, 0.3) is 0 Å². The SMILES string of the molecule is CCCCCCOCC1(CS(=O)(=O)Cl)CCOCC1. The van der Waals surface area contributed by atoms with Gasteiger partial charge in [0.2, 0.25) is 9.05 Å². The lowest BCUT2D eigenvalue weighted by molar-refractivity contribution is -0.0284. The minimum atomic E-state index is -3.50. The smallest absolute Gasteiger partial charge is 0.233 e. The molecule has 1 heterocycles. The van der Waals surface area contributed by atoms with Crippen molar-refractivity contribution in [3.05, 3.63) is 0 Å². The fourth-order valence-corrected chi connectivity index (χ4v) is 4.22. The van der Waals surface area contributed by atoms with E-state index in [0.29, 0.717) is 39.3 Å². The molecule has 0 aromatic heterocycles. The van der Waals surface area contributed by atoms with E-state index in [1.807, 2.05) is 0 Å². The summed E-state index contributed by atoms with van der Waals surface area (Å²) in [6.45, 7) is 4.51. The maximum Gasteiger partial charge on any atom is 0.233 e. The van der Waals surface area contributed by atoms with E-state index >= 15 is 0 Å². The normalized spacial score (nSPS) is 19.5. The van der Waals surface area contributed by atoms with Gasteiger partial charge in [0.15, 0.2) is 0 Å². The number of hydrogen-bond acceptors (Lipinski definition) is 4. The van der Waals surface area contributed by atoms with Gasteiger partial charge < -0.3 is 9.47 Å². The first-order chi connectivity index (χ1) is 8.97. The molecule has 114 valence electrons. The lowest BCUT2D eigenvalue weighted by atomic mass is 9.83. The molecule has 0 unspecified atom stereocenters. The molecule has 0 N–H and O–H groups in total. The molecule has 0 bridgehead atoms. The van der Waals surface area contributed by atoms with Crippen LogP contribution >= 0.6 is 10.7 Å². The Hall–Kier alpha value is 0.160. The van der Waals surface area contributed by atoms with E-state index in [1.54, 1.807) is 0 Å². The summed E-state index contributed by atoms with van der Waals surface area (Å²) < 4.78 is 33.7. The summed E-state index contributed by atoms with van der Waals surface area (Å²) in [4.78, 5) is 0. The molecular formula is C13H25ClO4S. The second kappa shape index (κ2) is 8.45. The summed E-state index contributed by atoms with van der Waals surface area (Å²) in [6.07, 6.45) is 6.03. The molecule has 19 heavy (non-hydrogen) atoms. The van der Waals surface area contributed by atoms with Crippen LogP contribution in [-0.2, 0) is 18.5 Å². The zero-order chi connectivity index (χ0) is 14.2. The lowest BCUT2D eigenvalue weighted by Gasteiger charge is -2.35. The average Bonchev–Trinajstić information content (AvgIpc) is 2.32. The Morgan fingerprint density at radius 2 is 1.89 bits per heavy atom. The lowest BCUT2D eigenvalue weighted by Crippen LogP contribution is -2.39. The summed E-state index contributed by atoms with van der Waals surface area (Å²) in [5, 5.41) is 0. The molecule has 0 saturated carbocycles. The quantitative estimate of drug-likeness (QED) is 0.485. The molecule has 1 rings (SSSR count). The molecule has 0 amide bonds. The van der Waals surface area contributed by atoms with Crippen molar-refractivity contribution in [2.75, 3.05) is 32.2 Å². The van der Waals surface area contributed by atoms with Crippen LogP contribution in [0.2, 0.25) is 0 Å². The van der Waals surface area contributed by atoms with Crippen LogP contribution in [0.1, 0.15) is 45.4 Å². The number of hydrogen-bond donors (Lipinski definition) is 0. The van der Waals surface area contributed by atoms with Crippen molar-refractivity contribution in [3.8, 4) is 0 Å². The third kappa shape index (κ3) is 7.49. The number of halogens is 1. The summed E-state index contributed by atoms with van der Waals surface area (Å²) in [6, 6.07) is 0. The standard InChI is InChI=1S/C13H25ClO4S/c1-2-3-4-5-8-18-11-13(12-19(14,15)16)6-9-17-10-7-13/h2-12H2,1H3. The van der Waals surface area contributed by atoms with E-state index in [0.717, 1.165) is 6.42 Å². The van der Waals surface area contributed by atoms with Gasteiger partial charge in [0.25, 0.3) is 0 Å². The molecule has 4 nitrogen and oxygen atoms in total. The van der Waals surface area contributed by atoms with E-state index < -0.39 is 9.05 Å². The topological polar surface area (TPSA) is 52.6 Å². The molecule has 0 aromatic carbocycles. The van der Waals surface area contributed by atoms with Crippen LogP contribution in [0, 0.1) is 5.41 Å². The van der Waals surface area contributed by atoms with E-state index in [1.165, 1.54) is 19.3 Å². The summed E-state index contributed by atoms with van der Waals surface area (Å²) in [5.74, 6) is -0.0140. The van der Waals surface area contributed by atoms with Crippen LogP contribution in [0.3, 0.4) is 0 Å². The second-order valence-electron chi connectivity index (χ2n) is 5.41. The van der Waals surface area contributed by atoms with Crippen molar-refractivity contribution in [1.82, 2.24) is 0 Å². The van der Waals surface area contributed by atoms with Crippen LogP contribution in [-0.4, -0.2) is 40.6 Å². The monoisotopic (exact) mass is 312 g/mol. The van der Waals surface area contributed by atoms with Crippen molar-refractivity contribution in [1.29, 1.82) is 0 Å². The highest BCUT2D eigenvalue weighted by Crippen LogP contribution is 2.33. The van der Waals surface area contributed by atoms with E-state index in [-0.39, 0.29) is 11.2 Å². The summed E-state index contributed by atoms with van der Waals surface area (Å²) in [5.41, 5.74) is -0.358. The van der Waals surface area contributed by atoms with Crippen molar-refractivity contribution in [3.63, 3.8) is 0 Å². The molecule has 0 spiro atoms. The molecule has 0 atom stereocenters. The van der Waals surface area contributed by atoms with Crippen molar-refractivity contribution < 1.29 is 17.9 Å².